The Kier molecular flexibility index (Phi) is 4.60. The van der Waals surface area contributed by atoms with Crippen molar-refractivity contribution in [1.29, 1.82) is 0 Å². The molecule has 0 fully saturated rings. The quantitative estimate of drug-likeness (QED) is 0.615. The molecule has 0 aliphatic carbocycles. The Morgan fingerprint density at radius 2 is 1.59 bits per heavy atom. The van der Waals surface area contributed by atoms with E-state index in [1.807, 2.05) is 0 Å². The van der Waals surface area contributed by atoms with Crippen molar-refractivity contribution in [3.8, 4) is 16.9 Å². The van der Waals surface area contributed by atoms with Gasteiger partial charge in [-0.15, -0.1) is 4.91 Å². The van der Waals surface area contributed by atoms with Crippen LogP contribution in [0.25, 0.3) is 16.9 Å². The summed E-state index contributed by atoms with van der Waals surface area (Å²) < 4.78 is 64.1. The van der Waals surface area contributed by atoms with Crippen molar-refractivity contribution >= 4 is 15.5 Å². The largest absolute Gasteiger partial charge is 0.437 e. The number of hydrogen-bond donors (Lipinski definition) is 0. The Morgan fingerprint density at radius 1 is 1.00 bits per heavy atom. The lowest BCUT2D eigenvalue weighted by Gasteiger charge is -2.08. The van der Waals surface area contributed by atoms with Gasteiger partial charge in [0.15, 0.2) is 21.2 Å². The molecule has 0 aliphatic rings. The average Bonchev–Trinajstić information content (AvgIpc) is 3.02. The standard InChI is InChI=1S/C17H12F3N3O3S/c1-27(25,26)13-9-7-12(8-10-13)23-15(11-5-3-2-4-6-11)14(22-24)16(21-23)17(18,19)20/h2-10H,1H3. The Hall–Kier alpha value is -3.01. The summed E-state index contributed by atoms with van der Waals surface area (Å²) in [5.41, 5.74) is -1.92. The third-order valence-electron chi connectivity index (χ3n) is 3.78. The summed E-state index contributed by atoms with van der Waals surface area (Å²) in [7, 11) is -3.47. The van der Waals surface area contributed by atoms with Gasteiger partial charge in [0.25, 0.3) is 0 Å². The van der Waals surface area contributed by atoms with Gasteiger partial charge in [-0.1, -0.05) is 30.3 Å². The second-order valence-corrected chi connectivity index (χ2v) is 7.69. The summed E-state index contributed by atoms with van der Waals surface area (Å²) in [6.07, 6.45) is -3.87. The van der Waals surface area contributed by atoms with Crippen LogP contribution in [0.2, 0.25) is 0 Å². The molecule has 1 aromatic heterocycles. The molecule has 0 saturated heterocycles. The molecule has 27 heavy (non-hydrogen) atoms. The number of nitroso groups, excluding NO2 is 1. The van der Waals surface area contributed by atoms with Crippen LogP contribution >= 0.6 is 0 Å². The fraction of sp³-hybridized carbons (Fsp3) is 0.118. The summed E-state index contributed by atoms with van der Waals surface area (Å²) in [5, 5.41) is 6.11. The van der Waals surface area contributed by atoms with Crippen molar-refractivity contribution in [3.05, 3.63) is 65.2 Å². The van der Waals surface area contributed by atoms with E-state index in [9.17, 15) is 26.5 Å². The maximum Gasteiger partial charge on any atom is 0.437 e. The lowest BCUT2D eigenvalue weighted by Crippen LogP contribution is -2.08. The fourth-order valence-electron chi connectivity index (χ4n) is 2.56. The molecule has 0 unspecified atom stereocenters. The van der Waals surface area contributed by atoms with Crippen LogP contribution in [0.1, 0.15) is 5.69 Å². The van der Waals surface area contributed by atoms with Gasteiger partial charge in [0.1, 0.15) is 5.69 Å². The van der Waals surface area contributed by atoms with E-state index < -0.39 is 27.4 Å². The van der Waals surface area contributed by atoms with E-state index in [2.05, 4.69) is 10.3 Å². The molecular formula is C17H12F3N3O3S. The van der Waals surface area contributed by atoms with E-state index in [4.69, 9.17) is 0 Å². The van der Waals surface area contributed by atoms with Gasteiger partial charge >= 0.3 is 6.18 Å². The molecule has 0 spiro atoms. The number of sulfone groups is 1. The molecule has 10 heteroatoms. The molecule has 6 nitrogen and oxygen atoms in total. The summed E-state index contributed by atoms with van der Waals surface area (Å²) >= 11 is 0. The molecule has 0 aliphatic heterocycles. The zero-order chi connectivity index (χ0) is 19.8. The molecule has 0 radical (unpaired) electrons. The number of rotatable bonds is 4. The normalized spacial score (nSPS) is 12.1. The highest BCUT2D eigenvalue weighted by Gasteiger charge is 2.40. The zero-order valence-electron chi connectivity index (χ0n) is 13.8. The highest BCUT2D eigenvalue weighted by Crippen LogP contribution is 2.42. The monoisotopic (exact) mass is 395 g/mol. The van der Waals surface area contributed by atoms with Crippen molar-refractivity contribution < 1.29 is 21.6 Å². The molecule has 0 atom stereocenters. The molecule has 0 N–H and O–H groups in total. The van der Waals surface area contributed by atoms with E-state index in [1.165, 1.54) is 36.4 Å². The molecule has 1 heterocycles. The van der Waals surface area contributed by atoms with Gasteiger partial charge in [0.05, 0.1) is 10.6 Å². The van der Waals surface area contributed by atoms with Crippen LogP contribution in [0.15, 0.2) is 64.7 Å². The van der Waals surface area contributed by atoms with Gasteiger partial charge < -0.3 is 0 Å². The van der Waals surface area contributed by atoms with Gasteiger partial charge in [0.2, 0.25) is 0 Å². The smallest absolute Gasteiger partial charge is 0.230 e. The SMILES string of the molecule is CS(=O)(=O)c1ccc(-n2nc(C(F)(F)F)c(N=O)c2-c2ccccc2)cc1. The van der Waals surface area contributed by atoms with Crippen LogP contribution in [-0.4, -0.2) is 24.5 Å². The van der Waals surface area contributed by atoms with Crippen LogP contribution in [0.3, 0.4) is 0 Å². The Labute approximate surface area is 152 Å². The van der Waals surface area contributed by atoms with Crippen LogP contribution in [0.4, 0.5) is 18.9 Å². The van der Waals surface area contributed by atoms with E-state index in [0.29, 0.717) is 5.56 Å². The summed E-state index contributed by atoms with van der Waals surface area (Å²) in [6.45, 7) is 0. The maximum atomic E-state index is 13.3. The Bertz CT molecular complexity index is 1090. The molecule has 0 amide bonds. The molecule has 2 aromatic carbocycles. The van der Waals surface area contributed by atoms with Crippen molar-refractivity contribution in [2.45, 2.75) is 11.1 Å². The first-order valence-corrected chi connectivity index (χ1v) is 9.41. The molecule has 0 bridgehead atoms. The number of nitrogens with zero attached hydrogens (tertiary/aromatic N) is 3. The molecule has 0 saturated carbocycles. The molecule has 140 valence electrons. The first-order chi connectivity index (χ1) is 12.6. The van der Waals surface area contributed by atoms with E-state index >= 15 is 0 Å². The Balaban J connectivity index is 2.29. The second kappa shape index (κ2) is 6.62. The first kappa shape index (κ1) is 18.8. The third kappa shape index (κ3) is 3.61. The summed E-state index contributed by atoms with van der Waals surface area (Å²) in [6, 6.07) is 13.0. The number of alkyl halides is 3. The predicted molar refractivity (Wildman–Crippen MR) is 92.6 cm³/mol. The maximum absolute atomic E-state index is 13.3. The lowest BCUT2D eigenvalue weighted by atomic mass is 10.1. The van der Waals surface area contributed by atoms with Gasteiger partial charge in [-0.05, 0) is 29.4 Å². The Morgan fingerprint density at radius 3 is 2.07 bits per heavy atom. The number of halogens is 3. The lowest BCUT2D eigenvalue weighted by molar-refractivity contribution is -0.140. The van der Waals surface area contributed by atoms with Crippen LogP contribution in [-0.2, 0) is 16.0 Å². The van der Waals surface area contributed by atoms with E-state index in [1.54, 1.807) is 18.2 Å². The zero-order valence-corrected chi connectivity index (χ0v) is 14.6. The van der Waals surface area contributed by atoms with Gasteiger partial charge in [-0.25, -0.2) is 13.1 Å². The summed E-state index contributed by atoms with van der Waals surface area (Å²) in [5.74, 6) is 0. The fourth-order valence-corrected chi connectivity index (χ4v) is 3.19. The molecule has 3 aromatic rings. The molecule has 3 rings (SSSR count). The van der Waals surface area contributed by atoms with Crippen molar-refractivity contribution in [1.82, 2.24) is 9.78 Å². The first-order valence-electron chi connectivity index (χ1n) is 7.52. The minimum absolute atomic E-state index is 0.00412. The highest BCUT2D eigenvalue weighted by atomic mass is 32.2. The van der Waals surface area contributed by atoms with Crippen molar-refractivity contribution in [2.24, 2.45) is 5.18 Å². The van der Waals surface area contributed by atoms with Crippen molar-refractivity contribution in [3.63, 3.8) is 0 Å². The predicted octanol–water partition coefficient (Wildman–Crippen LogP) is 4.36. The summed E-state index contributed by atoms with van der Waals surface area (Å²) in [4.78, 5) is 11.2. The van der Waals surface area contributed by atoms with E-state index in [0.717, 1.165) is 10.9 Å². The van der Waals surface area contributed by atoms with Crippen LogP contribution in [0.5, 0.6) is 0 Å². The van der Waals surface area contributed by atoms with Gasteiger partial charge in [-0.3, -0.25) is 0 Å². The minimum atomic E-state index is -4.88. The van der Waals surface area contributed by atoms with E-state index in [-0.39, 0.29) is 16.3 Å². The average molecular weight is 395 g/mol. The molecular weight excluding hydrogens is 383 g/mol. The second-order valence-electron chi connectivity index (χ2n) is 5.68. The topological polar surface area (TPSA) is 81.4 Å². The number of hydrogen-bond acceptors (Lipinski definition) is 5. The van der Waals surface area contributed by atoms with Crippen LogP contribution in [0, 0.1) is 4.91 Å². The van der Waals surface area contributed by atoms with Crippen LogP contribution < -0.4 is 0 Å². The highest BCUT2D eigenvalue weighted by molar-refractivity contribution is 7.90. The number of aromatic nitrogens is 2. The van der Waals surface area contributed by atoms with Crippen molar-refractivity contribution in [2.75, 3.05) is 6.26 Å². The van der Waals surface area contributed by atoms with Gasteiger partial charge in [-0.2, -0.15) is 18.3 Å². The third-order valence-corrected chi connectivity index (χ3v) is 4.91. The minimum Gasteiger partial charge on any atom is -0.230 e. The number of benzene rings is 2. The van der Waals surface area contributed by atoms with Gasteiger partial charge in [0, 0.05) is 11.8 Å².